The highest BCUT2D eigenvalue weighted by atomic mass is 127. The summed E-state index contributed by atoms with van der Waals surface area (Å²) >= 11 is 1.79. The first-order chi connectivity index (χ1) is 12.2. The van der Waals surface area contributed by atoms with E-state index in [4.69, 9.17) is 0 Å². The van der Waals surface area contributed by atoms with Crippen molar-refractivity contribution in [3.8, 4) is 0 Å². The molecule has 3 aromatic rings. The van der Waals surface area contributed by atoms with Gasteiger partial charge in [-0.1, -0.05) is 6.07 Å². The molecule has 0 saturated carbocycles. The van der Waals surface area contributed by atoms with Crippen molar-refractivity contribution in [1.29, 1.82) is 0 Å². The molecule has 4 nitrogen and oxygen atoms in total. The normalized spacial score (nSPS) is 11.4. The fourth-order valence-electron chi connectivity index (χ4n) is 2.90. The average Bonchev–Trinajstić information content (AvgIpc) is 3.26. The largest absolute Gasteiger partial charge is 0.361 e. The van der Waals surface area contributed by atoms with Crippen molar-refractivity contribution in [3.63, 3.8) is 0 Å². The summed E-state index contributed by atoms with van der Waals surface area (Å²) in [5.74, 6) is 0.675. The van der Waals surface area contributed by atoms with E-state index in [9.17, 15) is 4.39 Å². The minimum atomic E-state index is -0.216. The van der Waals surface area contributed by atoms with Gasteiger partial charge in [0.15, 0.2) is 5.96 Å². The quantitative estimate of drug-likeness (QED) is 0.311. The van der Waals surface area contributed by atoms with Crippen LogP contribution in [0, 0.1) is 5.82 Å². The van der Waals surface area contributed by atoms with E-state index in [0.717, 1.165) is 42.8 Å². The summed E-state index contributed by atoms with van der Waals surface area (Å²) in [6, 6.07) is 9.11. The highest BCUT2D eigenvalue weighted by molar-refractivity contribution is 14.0. The van der Waals surface area contributed by atoms with Crippen LogP contribution in [-0.4, -0.2) is 43.0 Å². The number of guanidine groups is 1. The molecular weight excluding hydrogens is 462 g/mol. The van der Waals surface area contributed by atoms with Gasteiger partial charge in [-0.2, -0.15) is 0 Å². The second kappa shape index (κ2) is 9.91. The third kappa shape index (κ3) is 5.20. The zero-order valence-electron chi connectivity index (χ0n) is 15.0. The summed E-state index contributed by atoms with van der Waals surface area (Å²) in [5.41, 5.74) is 2.02. The van der Waals surface area contributed by atoms with Crippen molar-refractivity contribution in [1.82, 2.24) is 15.2 Å². The number of likely N-dealkylation sites (N-methyl/N-ethyl adjacent to an activating group) is 1. The zero-order chi connectivity index (χ0) is 17.6. The molecule has 0 aliphatic heterocycles. The molecule has 0 aliphatic carbocycles. The first kappa shape index (κ1) is 20.7. The number of hydrogen-bond acceptors (Lipinski definition) is 2. The molecule has 0 saturated heterocycles. The smallest absolute Gasteiger partial charge is 0.193 e. The summed E-state index contributed by atoms with van der Waals surface area (Å²) in [6.45, 7) is 1.70. The molecule has 2 N–H and O–H groups in total. The van der Waals surface area contributed by atoms with Crippen LogP contribution in [0.15, 0.2) is 46.9 Å². The van der Waals surface area contributed by atoms with Gasteiger partial charge in [0.2, 0.25) is 0 Å². The number of hydrogen-bond donors (Lipinski definition) is 2. The number of thiophene rings is 1. The Morgan fingerprint density at radius 1 is 1.31 bits per heavy atom. The van der Waals surface area contributed by atoms with Crippen molar-refractivity contribution in [3.05, 3.63) is 58.2 Å². The number of rotatable bonds is 6. The van der Waals surface area contributed by atoms with Crippen LogP contribution in [0.1, 0.15) is 10.4 Å². The minimum absolute atomic E-state index is 0. The van der Waals surface area contributed by atoms with E-state index in [1.54, 1.807) is 18.4 Å². The Labute approximate surface area is 174 Å². The zero-order valence-corrected chi connectivity index (χ0v) is 18.1. The van der Waals surface area contributed by atoms with E-state index in [0.29, 0.717) is 0 Å². The first-order valence-corrected chi connectivity index (χ1v) is 9.25. The van der Waals surface area contributed by atoms with Crippen LogP contribution in [0.25, 0.3) is 10.9 Å². The van der Waals surface area contributed by atoms with Crippen LogP contribution >= 0.6 is 35.3 Å². The monoisotopic (exact) mass is 486 g/mol. The number of halogens is 2. The van der Waals surface area contributed by atoms with Gasteiger partial charge in [-0.25, -0.2) is 4.39 Å². The van der Waals surface area contributed by atoms with E-state index in [2.05, 4.69) is 44.8 Å². The number of fused-ring (bicyclic) bond motifs is 1. The summed E-state index contributed by atoms with van der Waals surface area (Å²) in [6.07, 6.45) is 3.82. The van der Waals surface area contributed by atoms with E-state index in [1.807, 2.05) is 12.3 Å². The molecule has 0 bridgehead atoms. The Balaban J connectivity index is 0.00000243. The fourth-order valence-corrected chi connectivity index (χ4v) is 3.60. The molecule has 2 heterocycles. The summed E-state index contributed by atoms with van der Waals surface area (Å²) < 4.78 is 13.3. The number of nitrogens with zero attached hydrogens (tertiary/aromatic N) is 2. The molecule has 0 fully saturated rings. The molecule has 1 aromatic carbocycles. The van der Waals surface area contributed by atoms with Gasteiger partial charge in [0.1, 0.15) is 5.82 Å². The van der Waals surface area contributed by atoms with Gasteiger partial charge < -0.3 is 15.2 Å². The molecule has 0 unspecified atom stereocenters. The van der Waals surface area contributed by atoms with Crippen LogP contribution in [-0.2, 0) is 12.8 Å². The lowest BCUT2D eigenvalue weighted by atomic mass is 10.1. The molecule has 0 aliphatic rings. The molecule has 7 heteroatoms. The van der Waals surface area contributed by atoms with Crippen LogP contribution < -0.4 is 5.32 Å². The van der Waals surface area contributed by atoms with Gasteiger partial charge in [0.05, 0.1) is 0 Å². The Kier molecular flexibility index (Phi) is 7.89. The van der Waals surface area contributed by atoms with Gasteiger partial charge >= 0.3 is 0 Å². The highest BCUT2D eigenvalue weighted by Gasteiger charge is 2.08. The van der Waals surface area contributed by atoms with Crippen LogP contribution in [0.3, 0.4) is 0 Å². The summed E-state index contributed by atoms with van der Waals surface area (Å²) in [5, 5.41) is 6.58. The molecule has 3 rings (SSSR count). The van der Waals surface area contributed by atoms with Crippen molar-refractivity contribution in [2.45, 2.75) is 12.8 Å². The fraction of sp³-hybridized carbons (Fsp3) is 0.316. The average molecular weight is 486 g/mol. The first-order valence-electron chi connectivity index (χ1n) is 8.37. The molecule has 0 amide bonds. The second-order valence-electron chi connectivity index (χ2n) is 5.98. The topological polar surface area (TPSA) is 43.4 Å². The molecule has 0 spiro atoms. The standard InChI is InChI=1S/C19H23FN4S.HI/c1-21-19(24(2)10-8-16-4-3-11-25-16)22-9-7-14-13-23-18-12-15(20)5-6-17(14)18;/h3-6,11-13,23H,7-10H2,1-2H3,(H,21,22);1H. The Morgan fingerprint density at radius 2 is 2.15 bits per heavy atom. The Hall–Kier alpha value is -1.61. The minimum Gasteiger partial charge on any atom is -0.361 e. The molecule has 0 atom stereocenters. The second-order valence-corrected chi connectivity index (χ2v) is 7.01. The van der Waals surface area contributed by atoms with Gasteiger partial charge in [0, 0.05) is 49.2 Å². The molecular formula is C19H24FIN4S. The van der Waals surface area contributed by atoms with Crippen molar-refractivity contribution >= 4 is 52.2 Å². The SMILES string of the molecule is CN=C(NCCc1c[nH]c2cc(F)ccc12)N(C)CCc1cccs1.I. The molecule has 0 radical (unpaired) electrons. The number of benzene rings is 1. The lowest BCUT2D eigenvalue weighted by Crippen LogP contribution is -2.40. The Morgan fingerprint density at radius 3 is 2.88 bits per heavy atom. The third-order valence-electron chi connectivity index (χ3n) is 4.25. The maximum atomic E-state index is 13.3. The van der Waals surface area contributed by atoms with E-state index < -0.39 is 0 Å². The maximum absolute atomic E-state index is 13.3. The van der Waals surface area contributed by atoms with Gasteiger partial charge in [-0.05, 0) is 48.1 Å². The number of aliphatic imine (C=N–C) groups is 1. The van der Waals surface area contributed by atoms with Crippen LogP contribution in [0.4, 0.5) is 4.39 Å². The molecule has 2 aromatic heterocycles. The van der Waals surface area contributed by atoms with Crippen LogP contribution in [0.5, 0.6) is 0 Å². The maximum Gasteiger partial charge on any atom is 0.193 e. The van der Waals surface area contributed by atoms with Crippen molar-refractivity contribution in [2.75, 3.05) is 27.2 Å². The number of aromatic amines is 1. The number of nitrogens with one attached hydrogen (secondary N) is 2. The van der Waals surface area contributed by atoms with Gasteiger partial charge in [0.25, 0.3) is 0 Å². The lowest BCUT2D eigenvalue weighted by molar-refractivity contribution is 0.487. The van der Waals surface area contributed by atoms with Crippen molar-refractivity contribution < 1.29 is 4.39 Å². The number of aromatic nitrogens is 1. The number of H-pyrrole nitrogens is 1. The highest BCUT2D eigenvalue weighted by Crippen LogP contribution is 2.19. The predicted molar refractivity (Wildman–Crippen MR) is 119 cm³/mol. The predicted octanol–water partition coefficient (Wildman–Crippen LogP) is 4.28. The third-order valence-corrected chi connectivity index (χ3v) is 5.19. The Bertz CT molecular complexity index is 844. The van der Waals surface area contributed by atoms with E-state index >= 15 is 0 Å². The van der Waals surface area contributed by atoms with E-state index in [-0.39, 0.29) is 29.8 Å². The summed E-state index contributed by atoms with van der Waals surface area (Å²) in [4.78, 5) is 11.0. The molecule has 26 heavy (non-hydrogen) atoms. The van der Waals surface area contributed by atoms with Crippen LogP contribution in [0.2, 0.25) is 0 Å². The lowest BCUT2D eigenvalue weighted by Gasteiger charge is -2.21. The van der Waals surface area contributed by atoms with E-state index in [1.165, 1.54) is 22.6 Å². The van der Waals surface area contributed by atoms with Gasteiger partial charge in [-0.15, -0.1) is 35.3 Å². The summed E-state index contributed by atoms with van der Waals surface area (Å²) in [7, 11) is 3.86. The van der Waals surface area contributed by atoms with Crippen molar-refractivity contribution in [2.24, 2.45) is 4.99 Å². The molecule has 140 valence electrons. The van der Waals surface area contributed by atoms with Gasteiger partial charge in [-0.3, -0.25) is 4.99 Å².